The van der Waals surface area contributed by atoms with E-state index in [0.717, 1.165) is 11.4 Å². The number of carbonyl (C=O) groups excluding carboxylic acids is 1. The number of primary amides is 1. The van der Waals surface area contributed by atoms with Crippen LogP contribution in [-0.4, -0.2) is 15.9 Å². The Hall–Kier alpha value is -3.21. The lowest BCUT2D eigenvalue weighted by Gasteiger charge is -2.26. The third-order valence-corrected chi connectivity index (χ3v) is 3.23. The van der Waals surface area contributed by atoms with Crippen molar-refractivity contribution in [2.24, 2.45) is 5.73 Å². The summed E-state index contributed by atoms with van der Waals surface area (Å²) in [7, 11) is 0. The highest BCUT2D eigenvalue weighted by Crippen LogP contribution is 2.35. The van der Waals surface area contributed by atoms with Gasteiger partial charge in [0.15, 0.2) is 0 Å². The van der Waals surface area contributed by atoms with Crippen LogP contribution in [0.25, 0.3) is 0 Å². The van der Waals surface area contributed by atoms with Crippen molar-refractivity contribution in [3.05, 3.63) is 78.9 Å². The minimum Gasteiger partial charge on any atom is -0.366 e. The van der Waals surface area contributed by atoms with Crippen LogP contribution < -0.4 is 10.6 Å². The molecule has 0 aliphatic carbocycles. The highest BCUT2D eigenvalue weighted by molar-refractivity contribution is 6.00. The van der Waals surface area contributed by atoms with E-state index in [1.54, 1.807) is 24.5 Å². The lowest BCUT2D eigenvalue weighted by Crippen LogP contribution is -2.18. The van der Waals surface area contributed by atoms with Gasteiger partial charge < -0.3 is 10.6 Å². The van der Waals surface area contributed by atoms with Gasteiger partial charge in [-0.3, -0.25) is 4.79 Å². The van der Waals surface area contributed by atoms with Crippen molar-refractivity contribution in [2.75, 3.05) is 4.90 Å². The Kier molecular flexibility index (Phi) is 3.78. The maximum atomic E-state index is 11.8. The Morgan fingerprint density at radius 3 is 2.18 bits per heavy atom. The normalized spacial score (nSPS) is 10.2. The molecule has 108 valence electrons. The first kappa shape index (κ1) is 13.8. The van der Waals surface area contributed by atoms with Gasteiger partial charge >= 0.3 is 0 Å². The second-order valence-corrected chi connectivity index (χ2v) is 4.65. The maximum absolute atomic E-state index is 11.8. The van der Waals surface area contributed by atoms with Crippen molar-refractivity contribution in [2.45, 2.75) is 0 Å². The number of carbonyl (C=O) groups is 1. The molecule has 1 amide bonds. The standard InChI is InChI=1S/C17H14N4O/c18-17(22)15-8-4-5-9-16(15)21(13-6-2-1-3-7-13)14-10-19-12-20-11-14/h1-12H,(H2,18,22). The number of anilines is 3. The lowest BCUT2D eigenvalue weighted by atomic mass is 10.1. The van der Waals surface area contributed by atoms with Crippen LogP contribution in [0.5, 0.6) is 0 Å². The van der Waals surface area contributed by atoms with Gasteiger partial charge in [0.1, 0.15) is 6.33 Å². The van der Waals surface area contributed by atoms with Crippen molar-refractivity contribution in [1.29, 1.82) is 0 Å². The van der Waals surface area contributed by atoms with Gasteiger partial charge in [-0.2, -0.15) is 0 Å². The molecule has 22 heavy (non-hydrogen) atoms. The summed E-state index contributed by atoms with van der Waals surface area (Å²) < 4.78 is 0. The number of aromatic nitrogens is 2. The number of amides is 1. The fourth-order valence-corrected chi connectivity index (χ4v) is 2.29. The highest BCUT2D eigenvalue weighted by Gasteiger charge is 2.18. The second kappa shape index (κ2) is 6.05. The summed E-state index contributed by atoms with van der Waals surface area (Å²) in [6, 6.07) is 16.9. The van der Waals surface area contributed by atoms with Gasteiger partial charge in [0.2, 0.25) is 0 Å². The van der Waals surface area contributed by atoms with Crippen molar-refractivity contribution in [3.63, 3.8) is 0 Å². The van der Waals surface area contributed by atoms with Gasteiger partial charge in [0.05, 0.1) is 29.3 Å². The minimum atomic E-state index is -0.478. The fraction of sp³-hybridized carbons (Fsp3) is 0. The number of nitrogens with two attached hydrogens (primary N) is 1. The van der Waals surface area contributed by atoms with E-state index in [0.29, 0.717) is 11.3 Å². The van der Waals surface area contributed by atoms with E-state index in [4.69, 9.17) is 5.73 Å². The van der Waals surface area contributed by atoms with Gasteiger partial charge in [-0.05, 0) is 24.3 Å². The zero-order valence-corrected chi connectivity index (χ0v) is 11.8. The molecule has 0 saturated carbocycles. The largest absolute Gasteiger partial charge is 0.366 e. The average Bonchev–Trinajstić information content (AvgIpc) is 2.57. The number of hydrogen-bond donors (Lipinski definition) is 1. The van der Waals surface area contributed by atoms with Crippen LogP contribution in [0.2, 0.25) is 0 Å². The number of nitrogens with zero attached hydrogens (tertiary/aromatic N) is 3. The van der Waals surface area contributed by atoms with Crippen LogP contribution in [0.4, 0.5) is 17.1 Å². The average molecular weight is 290 g/mol. The molecule has 2 aromatic carbocycles. The Bertz CT molecular complexity index is 735. The van der Waals surface area contributed by atoms with Crippen molar-refractivity contribution < 1.29 is 4.79 Å². The second-order valence-electron chi connectivity index (χ2n) is 4.65. The van der Waals surface area contributed by atoms with Crippen LogP contribution in [0.15, 0.2) is 73.3 Å². The molecule has 0 aliphatic rings. The third kappa shape index (κ3) is 2.64. The van der Waals surface area contributed by atoms with Crippen molar-refractivity contribution >= 4 is 23.0 Å². The molecule has 0 aliphatic heterocycles. The van der Waals surface area contributed by atoms with Crippen LogP contribution in [0.3, 0.4) is 0 Å². The van der Waals surface area contributed by atoms with E-state index in [1.165, 1.54) is 6.33 Å². The first-order chi connectivity index (χ1) is 10.8. The third-order valence-electron chi connectivity index (χ3n) is 3.23. The fourth-order valence-electron chi connectivity index (χ4n) is 2.29. The van der Waals surface area contributed by atoms with Gasteiger partial charge in [-0.15, -0.1) is 0 Å². The van der Waals surface area contributed by atoms with Crippen molar-refractivity contribution in [1.82, 2.24) is 9.97 Å². The van der Waals surface area contributed by atoms with Gasteiger partial charge in [0, 0.05) is 5.69 Å². The van der Waals surface area contributed by atoms with Crippen LogP contribution in [0, 0.1) is 0 Å². The first-order valence-corrected chi connectivity index (χ1v) is 6.76. The molecule has 2 N–H and O–H groups in total. The molecular weight excluding hydrogens is 276 g/mol. The van der Waals surface area contributed by atoms with Gasteiger partial charge in [-0.25, -0.2) is 9.97 Å². The Morgan fingerprint density at radius 2 is 1.50 bits per heavy atom. The monoisotopic (exact) mass is 290 g/mol. The van der Waals surface area contributed by atoms with E-state index < -0.39 is 5.91 Å². The van der Waals surface area contributed by atoms with E-state index >= 15 is 0 Å². The van der Waals surface area contributed by atoms with E-state index in [-0.39, 0.29) is 0 Å². The predicted octanol–water partition coefficient (Wildman–Crippen LogP) is 3.05. The summed E-state index contributed by atoms with van der Waals surface area (Å²) in [6.45, 7) is 0. The van der Waals surface area contributed by atoms with Crippen LogP contribution in [-0.2, 0) is 0 Å². The van der Waals surface area contributed by atoms with Crippen LogP contribution >= 0.6 is 0 Å². The molecule has 0 unspecified atom stereocenters. The van der Waals surface area contributed by atoms with Gasteiger partial charge in [0.25, 0.3) is 5.91 Å². The Balaban J connectivity index is 2.21. The number of benzene rings is 2. The zero-order valence-electron chi connectivity index (χ0n) is 11.8. The molecule has 0 bridgehead atoms. The Labute approximate surface area is 128 Å². The summed E-state index contributed by atoms with van der Waals surface area (Å²) in [6.07, 6.45) is 4.85. The lowest BCUT2D eigenvalue weighted by molar-refractivity contribution is 0.100. The predicted molar refractivity (Wildman–Crippen MR) is 85.2 cm³/mol. The van der Waals surface area contributed by atoms with E-state index in [9.17, 15) is 4.79 Å². The van der Waals surface area contributed by atoms with Gasteiger partial charge in [-0.1, -0.05) is 30.3 Å². The first-order valence-electron chi connectivity index (χ1n) is 6.76. The molecule has 0 atom stereocenters. The summed E-state index contributed by atoms with van der Waals surface area (Å²) in [4.78, 5) is 21.8. The van der Waals surface area contributed by atoms with Crippen molar-refractivity contribution in [3.8, 4) is 0 Å². The SMILES string of the molecule is NC(=O)c1ccccc1N(c1ccccc1)c1cncnc1. The molecule has 3 aromatic rings. The number of para-hydroxylation sites is 2. The Morgan fingerprint density at radius 1 is 0.864 bits per heavy atom. The topological polar surface area (TPSA) is 72.1 Å². The highest BCUT2D eigenvalue weighted by atomic mass is 16.1. The zero-order chi connectivity index (χ0) is 15.4. The smallest absolute Gasteiger partial charge is 0.250 e. The molecule has 1 aromatic heterocycles. The van der Waals surface area contributed by atoms with E-state index in [1.807, 2.05) is 47.4 Å². The molecule has 0 saturated heterocycles. The van der Waals surface area contributed by atoms with E-state index in [2.05, 4.69) is 9.97 Å². The molecular formula is C17H14N4O. The molecule has 1 heterocycles. The molecule has 0 spiro atoms. The summed E-state index contributed by atoms with van der Waals surface area (Å²) in [5, 5.41) is 0. The maximum Gasteiger partial charge on any atom is 0.250 e. The minimum absolute atomic E-state index is 0.440. The summed E-state index contributed by atoms with van der Waals surface area (Å²) in [5.41, 5.74) is 8.29. The number of rotatable bonds is 4. The molecule has 0 radical (unpaired) electrons. The summed E-state index contributed by atoms with van der Waals surface area (Å²) in [5.74, 6) is -0.478. The molecule has 5 nitrogen and oxygen atoms in total. The quantitative estimate of drug-likeness (QED) is 0.801. The molecule has 5 heteroatoms. The molecule has 0 fully saturated rings. The molecule has 3 rings (SSSR count). The summed E-state index contributed by atoms with van der Waals surface area (Å²) >= 11 is 0. The number of hydrogen-bond acceptors (Lipinski definition) is 4. The van der Waals surface area contributed by atoms with Crippen LogP contribution in [0.1, 0.15) is 10.4 Å².